The maximum Gasteiger partial charge on any atom is 0.127 e. The Bertz CT molecular complexity index is 339. The fraction of sp³-hybridized carbons (Fsp3) is 0.500. The van der Waals surface area contributed by atoms with Gasteiger partial charge in [-0.25, -0.2) is 4.39 Å². The molecule has 1 aromatic carbocycles. The van der Waals surface area contributed by atoms with Gasteiger partial charge in [-0.1, -0.05) is 0 Å². The van der Waals surface area contributed by atoms with Gasteiger partial charge in [-0.05, 0) is 30.0 Å². The summed E-state index contributed by atoms with van der Waals surface area (Å²) >= 11 is 0. The molecule has 90 valence electrons. The van der Waals surface area contributed by atoms with Gasteiger partial charge in [-0.3, -0.25) is 0 Å². The van der Waals surface area contributed by atoms with Gasteiger partial charge < -0.3 is 14.6 Å². The Morgan fingerprint density at radius 3 is 2.62 bits per heavy atom. The molecule has 0 aliphatic carbocycles. The summed E-state index contributed by atoms with van der Waals surface area (Å²) in [4.78, 5) is 0. The third-order valence-corrected chi connectivity index (χ3v) is 2.37. The fourth-order valence-corrected chi connectivity index (χ4v) is 1.67. The molecule has 4 heteroatoms. The van der Waals surface area contributed by atoms with Crippen LogP contribution in [0.15, 0.2) is 12.1 Å². The first-order valence-electron chi connectivity index (χ1n) is 5.18. The van der Waals surface area contributed by atoms with E-state index in [1.807, 2.05) is 0 Å². The van der Waals surface area contributed by atoms with Crippen molar-refractivity contribution >= 4 is 0 Å². The summed E-state index contributed by atoms with van der Waals surface area (Å²) in [6, 6.07) is 2.80. The van der Waals surface area contributed by atoms with E-state index in [2.05, 4.69) is 0 Å². The number of methoxy groups -OCH3 is 2. The summed E-state index contributed by atoms with van der Waals surface area (Å²) in [5.74, 6) is 0.178. The number of ether oxygens (including phenoxy) is 2. The monoisotopic (exact) mass is 228 g/mol. The molecule has 0 fully saturated rings. The molecule has 0 amide bonds. The third kappa shape index (κ3) is 3.18. The maximum absolute atomic E-state index is 13.3. The van der Waals surface area contributed by atoms with E-state index >= 15 is 0 Å². The Kier molecular flexibility index (Phi) is 5.22. The van der Waals surface area contributed by atoms with E-state index in [4.69, 9.17) is 14.6 Å². The number of hydrogen-bond donors (Lipinski definition) is 1. The topological polar surface area (TPSA) is 38.7 Å². The van der Waals surface area contributed by atoms with Crippen molar-refractivity contribution in [2.45, 2.75) is 19.4 Å². The molecule has 0 atom stereocenters. The smallest absolute Gasteiger partial charge is 0.127 e. The van der Waals surface area contributed by atoms with Gasteiger partial charge in [0, 0.05) is 19.8 Å². The molecule has 0 heterocycles. The molecule has 3 nitrogen and oxygen atoms in total. The highest BCUT2D eigenvalue weighted by molar-refractivity contribution is 5.40. The van der Waals surface area contributed by atoms with Crippen LogP contribution in [0.3, 0.4) is 0 Å². The summed E-state index contributed by atoms with van der Waals surface area (Å²) < 4.78 is 23.4. The van der Waals surface area contributed by atoms with Gasteiger partial charge in [-0.2, -0.15) is 0 Å². The average Bonchev–Trinajstić information content (AvgIpc) is 2.27. The van der Waals surface area contributed by atoms with E-state index in [0.29, 0.717) is 25.2 Å². The summed E-state index contributed by atoms with van der Waals surface area (Å²) in [6.45, 7) is 0.446. The standard InChI is InChI=1S/C12H17FO3/c1-15-8-9-6-10(13)7-12(16-2)11(9)4-3-5-14/h6-7,14H,3-5,8H2,1-2H3. The first kappa shape index (κ1) is 12.9. The lowest BCUT2D eigenvalue weighted by Gasteiger charge is -2.13. The van der Waals surface area contributed by atoms with Gasteiger partial charge in [0.15, 0.2) is 0 Å². The van der Waals surface area contributed by atoms with Crippen molar-refractivity contribution < 1.29 is 19.0 Å². The van der Waals surface area contributed by atoms with Crippen molar-refractivity contribution in [2.24, 2.45) is 0 Å². The van der Waals surface area contributed by atoms with E-state index in [1.54, 1.807) is 7.11 Å². The predicted molar refractivity (Wildman–Crippen MR) is 59.1 cm³/mol. The summed E-state index contributed by atoms with van der Waals surface area (Å²) in [5.41, 5.74) is 1.67. The Morgan fingerprint density at radius 2 is 2.06 bits per heavy atom. The molecule has 1 rings (SSSR count). The van der Waals surface area contributed by atoms with E-state index in [-0.39, 0.29) is 12.4 Å². The number of aliphatic hydroxyl groups excluding tert-OH is 1. The molecule has 0 spiro atoms. The Hall–Kier alpha value is -1.13. The van der Waals surface area contributed by atoms with E-state index in [1.165, 1.54) is 19.2 Å². The van der Waals surface area contributed by atoms with Gasteiger partial charge in [0.1, 0.15) is 11.6 Å². The molecule has 0 saturated heterocycles. The SMILES string of the molecule is COCc1cc(F)cc(OC)c1CCCO. The van der Waals surface area contributed by atoms with Crippen molar-refractivity contribution in [3.8, 4) is 5.75 Å². The first-order valence-corrected chi connectivity index (χ1v) is 5.18. The van der Waals surface area contributed by atoms with E-state index in [9.17, 15) is 4.39 Å². The zero-order chi connectivity index (χ0) is 12.0. The quantitative estimate of drug-likeness (QED) is 0.808. The van der Waals surface area contributed by atoms with Crippen molar-refractivity contribution in [3.05, 3.63) is 29.1 Å². The van der Waals surface area contributed by atoms with Gasteiger partial charge in [0.25, 0.3) is 0 Å². The molecular formula is C12H17FO3. The van der Waals surface area contributed by atoms with Crippen LogP contribution in [0.25, 0.3) is 0 Å². The third-order valence-electron chi connectivity index (χ3n) is 2.37. The highest BCUT2D eigenvalue weighted by atomic mass is 19.1. The number of benzene rings is 1. The number of halogens is 1. The molecule has 16 heavy (non-hydrogen) atoms. The number of aliphatic hydroxyl groups is 1. The zero-order valence-electron chi connectivity index (χ0n) is 9.62. The summed E-state index contributed by atoms with van der Waals surface area (Å²) in [5, 5.41) is 8.82. The van der Waals surface area contributed by atoms with Crippen LogP contribution < -0.4 is 4.74 Å². The Morgan fingerprint density at radius 1 is 1.31 bits per heavy atom. The maximum atomic E-state index is 13.3. The van der Waals surface area contributed by atoms with Crippen LogP contribution in [0.5, 0.6) is 5.75 Å². The van der Waals surface area contributed by atoms with Crippen LogP contribution in [-0.2, 0) is 17.8 Å². The second kappa shape index (κ2) is 6.45. The normalized spacial score (nSPS) is 10.5. The summed E-state index contributed by atoms with van der Waals surface area (Å²) in [6.07, 6.45) is 1.28. The molecule has 0 aromatic heterocycles. The molecule has 0 bridgehead atoms. The molecule has 0 saturated carbocycles. The van der Waals surface area contributed by atoms with Gasteiger partial charge in [-0.15, -0.1) is 0 Å². The predicted octanol–water partition coefficient (Wildman–Crippen LogP) is 1.91. The number of rotatable bonds is 6. The largest absolute Gasteiger partial charge is 0.496 e. The molecule has 1 N–H and O–H groups in total. The Labute approximate surface area is 94.8 Å². The van der Waals surface area contributed by atoms with Gasteiger partial charge in [0.2, 0.25) is 0 Å². The lowest BCUT2D eigenvalue weighted by Crippen LogP contribution is -2.02. The van der Waals surface area contributed by atoms with Crippen molar-refractivity contribution in [1.29, 1.82) is 0 Å². The first-order chi connectivity index (χ1) is 7.72. The molecule has 0 aliphatic heterocycles. The van der Waals surface area contributed by atoms with Crippen LogP contribution in [0.4, 0.5) is 4.39 Å². The van der Waals surface area contributed by atoms with E-state index in [0.717, 1.165) is 11.1 Å². The van der Waals surface area contributed by atoms with Crippen molar-refractivity contribution in [3.63, 3.8) is 0 Å². The van der Waals surface area contributed by atoms with Crippen LogP contribution in [0, 0.1) is 5.82 Å². The Balaban J connectivity index is 3.05. The minimum absolute atomic E-state index is 0.104. The fourth-order valence-electron chi connectivity index (χ4n) is 1.67. The highest BCUT2D eigenvalue weighted by Crippen LogP contribution is 2.26. The number of hydrogen-bond acceptors (Lipinski definition) is 3. The molecular weight excluding hydrogens is 211 g/mol. The van der Waals surface area contributed by atoms with Crippen LogP contribution in [-0.4, -0.2) is 25.9 Å². The molecule has 0 unspecified atom stereocenters. The molecule has 0 aliphatic rings. The average molecular weight is 228 g/mol. The van der Waals surface area contributed by atoms with Crippen LogP contribution in [0.2, 0.25) is 0 Å². The van der Waals surface area contributed by atoms with Crippen LogP contribution in [0.1, 0.15) is 17.5 Å². The lowest BCUT2D eigenvalue weighted by atomic mass is 10.0. The minimum atomic E-state index is -0.336. The van der Waals surface area contributed by atoms with E-state index < -0.39 is 0 Å². The highest BCUT2D eigenvalue weighted by Gasteiger charge is 2.11. The lowest BCUT2D eigenvalue weighted by molar-refractivity contribution is 0.183. The van der Waals surface area contributed by atoms with Crippen molar-refractivity contribution in [1.82, 2.24) is 0 Å². The van der Waals surface area contributed by atoms with Crippen molar-refractivity contribution in [2.75, 3.05) is 20.8 Å². The van der Waals surface area contributed by atoms with Gasteiger partial charge >= 0.3 is 0 Å². The van der Waals surface area contributed by atoms with Gasteiger partial charge in [0.05, 0.1) is 13.7 Å². The molecule has 1 aromatic rings. The second-order valence-electron chi connectivity index (χ2n) is 3.51. The minimum Gasteiger partial charge on any atom is -0.496 e. The molecule has 0 radical (unpaired) electrons. The second-order valence-corrected chi connectivity index (χ2v) is 3.51. The zero-order valence-corrected chi connectivity index (χ0v) is 9.62. The van der Waals surface area contributed by atoms with Crippen LogP contribution >= 0.6 is 0 Å². The summed E-state index contributed by atoms with van der Waals surface area (Å²) in [7, 11) is 3.07.